The van der Waals surface area contributed by atoms with Crippen LogP contribution in [0.2, 0.25) is 0 Å². The molecule has 32 heavy (non-hydrogen) atoms. The fourth-order valence-electron chi connectivity index (χ4n) is 3.37. The number of aliphatic imine (C=N–C) groups is 1. The van der Waals surface area contributed by atoms with E-state index in [1.54, 1.807) is 18.2 Å². The number of rotatable bonds is 2. The summed E-state index contributed by atoms with van der Waals surface area (Å²) in [6.07, 6.45) is 1.01. The summed E-state index contributed by atoms with van der Waals surface area (Å²) < 4.78 is 51.0. The van der Waals surface area contributed by atoms with E-state index < -0.39 is 31.6 Å². The Morgan fingerprint density at radius 1 is 0.844 bits per heavy atom. The average molecular weight is 480 g/mol. The summed E-state index contributed by atoms with van der Waals surface area (Å²) in [7, 11) is -5.16. The topological polar surface area (TPSA) is 176 Å². The molecule has 170 valence electrons. The highest BCUT2D eigenvalue weighted by atomic mass is 32.2. The van der Waals surface area contributed by atoms with Gasteiger partial charge in [0.1, 0.15) is 0 Å². The molecule has 2 aliphatic rings. The Morgan fingerprint density at radius 3 is 1.78 bits per heavy atom. The fourth-order valence-corrected chi connectivity index (χ4v) is 6.54. The van der Waals surface area contributed by atoms with Crippen LogP contribution < -0.4 is 11.5 Å². The standard InChI is InChI=1S/C10H11N3O3S.C10H10O4S/c11-10(12)13-9(14)7-2-1-6-3-4-17(15,16)8(6)5-7;1-14-10(11)8-3-2-7-4-5-15(12,13)9(7)6-8/h1-2,5H,3-4H2,(H4,11,12,13,14);2-3,6H,4-5H2,1H3. The van der Waals surface area contributed by atoms with E-state index in [0.717, 1.165) is 11.1 Å². The quantitative estimate of drug-likeness (QED) is 0.347. The number of sulfone groups is 2. The highest BCUT2D eigenvalue weighted by molar-refractivity contribution is 7.92. The first-order chi connectivity index (χ1) is 14.9. The number of carbonyl (C=O) groups excluding carboxylic acids is 2. The second-order valence-corrected chi connectivity index (χ2v) is 11.3. The number of nitrogens with zero attached hydrogens (tertiary/aromatic N) is 1. The van der Waals surface area contributed by atoms with Crippen LogP contribution in [-0.4, -0.2) is 53.3 Å². The summed E-state index contributed by atoms with van der Waals surface area (Å²) in [5, 5.41) is 0. The van der Waals surface area contributed by atoms with Crippen molar-refractivity contribution >= 4 is 37.5 Å². The number of carbonyl (C=O) groups is 2. The lowest BCUT2D eigenvalue weighted by molar-refractivity contribution is 0.0600. The van der Waals surface area contributed by atoms with Crippen molar-refractivity contribution < 1.29 is 31.2 Å². The number of hydrogen-bond donors (Lipinski definition) is 2. The van der Waals surface area contributed by atoms with Crippen LogP contribution >= 0.6 is 0 Å². The molecule has 0 bridgehead atoms. The van der Waals surface area contributed by atoms with Gasteiger partial charge in [-0.1, -0.05) is 12.1 Å². The molecule has 2 aromatic rings. The second kappa shape index (κ2) is 8.71. The van der Waals surface area contributed by atoms with Crippen molar-refractivity contribution in [3.63, 3.8) is 0 Å². The summed E-state index contributed by atoms with van der Waals surface area (Å²) in [4.78, 5) is 26.6. The molecular weight excluding hydrogens is 458 g/mol. The predicted molar refractivity (Wildman–Crippen MR) is 116 cm³/mol. The number of methoxy groups -OCH3 is 1. The largest absolute Gasteiger partial charge is 0.465 e. The van der Waals surface area contributed by atoms with Crippen molar-refractivity contribution in [1.82, 2.24) is 0 Å². The number of nitrogens with two attached hydrogens (primary N) is 2. The van der Waals surface area contributed by atoms with Gasteiger partial charge in [-0.3, -0.25) is 4.79 Å². The Hall–Kier alpha value is -3.25. The molecular formula is C20H21N3O7S2. The highest BCUT2D eigenvalue weighted by Crippen LogP contribution is 2.27. The van der Waals surface area contributed by atoms with Gasteiger partial charge in [-0.25, -0.2) is 21.6 Å². The fraction of sp³-hybridized carbons (Fsp3) is 0.250. The molecule has 0 saturated heterocycles. The van der Waals surface area contributed by atoms with E-state index in [1.165, 1.54) is 25.3 Å². The van der Waals surface area contributed by atoms with E-state index in [1.807, 2.05) is 0 Å². The lowest BCUT2D eigenvalue weighted by atomic mass is 10.1. The lowest BCUT2D eigenvalue weighted by Crippen LogP contribution is -2.24. The summed E-state index contributed by atoms with van der Waals surface area (Å²) in [5.41, 5.74) is 12.1. The zero-order valence-corrected chi connectivity index (χ0v) is 18.7. The molecule has 0 aliphatic carbocycles. The smallest absolute Gasteiger partial charge is 0.337 e. The van der Waals surface area contributed by atoms with E-state index in [0.29, 0.717) is 12.8 Å². The molecule has 0 unspecified atom stereocenters. The number of esters is 1. The van der Waals surface area contributed by atoms with E-state index in [4.69, 9.17) is 11.5 Å². The van der Waals surface area contributed by atoms with Gasteiger partial charge < -0.3 is 16.2 Å². The minimum Gasteiger partial charge on any atom is -0.465 e. The average Bonchev–Trinajstić information content (AvgIpc) is 3.22. The molecule has 0 saturated carbocycles. The Labute approximate surface area is 185 Å². The zero-order chi connectivity index (χ0) is 23.7. The van der Waals surface area contributed by atoms with Gasteiger partial charge in [0.2, 0.25) is 0 Å². The SMILES string of the molecule is COC(=O)c1ccc2c(c1)S(=O)(=O)CC2.NC(N)=NC(=O)c1ccc2c(c1)S(=O)(=O)CC2. The van der Waals surface area contributed by atoms with Crippen molar-refractivity contribution in [3.05, 3.63) is 58.7 Å². The molecule has 12 heteroatoms. The maximum absolute atomic E-state index is 11.7. The van der Waals surface area contributed by atoms with Crippen molar-refractivity contribution in [2.75, 3.05) is 18.6 Å². The molecule has 0 fully saturated rings. The van der Waals surface area contributed by atoms with Crippen LogP contribution in [0, 0.1) is 0 Å². The van der Waals surface area contributed by atoms with Gasteiger partial charge in [-0.2, -0.15) is 4.99 Å². The minimum absolute atomic E-state index is 0.0856. The van der Waals surface area contributed by atoms with Crippen LogP contribution in [-0.2, 0) is 37.3 Å². The molecule has 0 radical (unpaired) electrons. The van der Waals surface area contributed by atoms with Crippen LogP contribution in [0.15, 0.2) is 51.2 Å². The maximum Gasteiger partial charge on any atom is 0.337 e. The van der Waals surface area contributed by atoms with E-state index in [9.17, 15) is 26.4 Å². The zero-order valence-electron chi connectivity index (χ0n) is 17.1. The highest BCUT2D eigenvalue weighted by Gasteiger charge is 2.28. The number of fused-ring (bicyclic) bond motifs is 2. The first-order valence-corrected chi connectivity index (χ1v) is 12.7. The molecule has 0 spiro atoms. The maximum atomic E-state index is 11.7. The number of guanidine groups is 1. The van der Waals surface area contributed by atoms with Crippen molar-refractivity contribution in [2.24, 2.45) is 16.5 Å². The van der Waals surface area contributed by atoms with Gasteiger partial charge in [0.25, 0.3) is 5.91 Å². The van der Waals surface area contributed by atoms with E-state index in [-0.39, 0.29) is 38.4 Å². The third-order valence-corrected chi connectivity index (χ3v) is 8.57. The van der Waals surface area contributed by atoms with Gasteiger partial charge in [0, 0.05) is 5.56 Å². The number of amides is 1. The van der Waals surface area contributed by atoms with Gasteiger partial charge in [-0.05, 0) is 48.2 Å². The predicted octanol–water partition coefficient (Wildman–Crippen LogP) is 0.233. The number of benzene rings is 2. The van der Waals surface area contributed by atoms with Crippen molar-refractivity contribution in [3.8, 4) is 0 Å². The van der Waals surface area contributed by atoms with Crippen molar-refractivity contribution in [2.45, 2.75) is 22.6 Å². The molecule has 2 aliphatic heterocycles. The minimum atomic E-state index is -3.25. The van der Waals surface area contributed by atoms with Crippen LogP contribution in [0.3, 0.4) is 0 Å². The number of hydrogen-bond acceptors (Lipinski definition) is 7. The lowest BCUT2D eigenvalue weighted by Gasteiger charge is -2.02. The Bertz CT molecular complexity index is 1340. The normalized spacial score (nSPS) is 16.7. The summed E-state index contributed by atoms with van der Waals surface area (Å²) in [6.45, 7) is 0. The summed E-state index contributed by atoms with van der Waals surface area (Å²) >= 11 is 0. The molecule has 10 nitrogen and oxygen atoms in total. The third-order valence-electron chi connectivity index (χ3n) is 4.98. The molecule has 1 amide bonds. The third kappa shape index (κ3) is 4.81. The van der Waals surface area contributed by atoms with Crippen molar-refractivity contribution in [1.29, 1.82) is 0 Å². The van der Waals surface area contributed by atoms with Crippen LogP contribution in [0.25, 0.3) is 0 Å². The van der Waals surface area contributed by atoms with Crippen LogP contribution in [0.4, 0.5) is 0 Å². The van der Waals surface area contributed by atoms with Gasteiger partial charge in [0.05, 0.1) is 34.0 Å². The Kier molecular flexibility index (Phi) is 6.37. The van der Waals surface area contributed by atoms with Gasteiger partial charge in [-0.15, -0.1) is 0 Å². The Morgan fingerprint density at radius 2 is 1.31 bits per heavy atom. The number of ether oxygens (including phenoxy) is 1. The van der Waals surface area contributed by atoms with E-state index in [2.05, 4.69) is 9.73 Å². The van der Waals surface area contributed by atoms with Gasteiger partial charge >= 0.3 is 5.97 Å². The second-order valence-electron chi connectivity index (χ2n) is 7.12. The molecule has 0 aromatic heterocycles. The first-order valence-electron chi connectivity index (χ1n) is 9.38. The monoisotopic (exact) mass is 479 g/mol. The summed E-state index contributed by atoms with van der Waals surface area (Å²) in [5.74, 6) is -1.29. The molecule has 2 aromatic carbocycles. The van der Waals surface area contributed by atoms with Gasteiger partial charge in [0.15, 0.2) is 25.6 Å². The molecule has 0 atom stereocenters. The first kappa shape index (κ1) is 23.4. The van der Waals surface area contributed by atoms with E-state index >= 15 is 0 Å². The molecule has 2 heterocycles. The molecule has 4 rings (SSSR count). The van der Waals surface area contributed by atoms with Crippen LogP contribution in [0.5, 0.6) is 0 Å². The molecule has 4 N–H and O–H groups in total. The summed E-state index contributed by atoms with van der Waals surface area (Å²) in [6, 6.07) is 9.12. The number of aryl methyl sites for hydroxylation is 2. The Balaban J connectivity index is 0.000000182. The van der Waals surface area contributed by atoms with Crippen LogP contribution in [0.1, 0.15) is 31.8 Å².